The van der Waals surface area contributed by atoms with Crippen LogP contribution in [0, 0.1) is 0 Å². The summed E-state index contributed by atoms with van der Waals surface area (Å²) in [7, 11) is 0. The van der Waals surface area contributed by atoms with Gasteiger partial charge >= 0.3 is 0 Å². The van der Waals surface area contributed by atoms with E-state index in [1.165, 1.54) is 69.8 Å². The summed E-state index contributed by atoms with van der Waals surface area (Å²) in [5.74, 6) is 0. The zero-order valence-electron chi connectivity index (χ0n) is 14.0. The summed E-state index contributed by atoms with van der Waals surface area (Å²) in [5.41, 5.74) is 1.92. The van der Waals surface area contributed by atoms with E-state index >= 15 is 0 Å². The highest BCUT2D eigenvalue weighted by molar-refractivity contribution is 5.24. The van der Waals surface area contributed by atoms with Gasteiger partial charge in [0, 0.05) is 0 Å². The van der Waals surface area contributed by atoms with Crippen LogP contribution in [0.3, 0.4) is 0 Å². The molecule has 0 heterocycles. The molecule has 0 spiro atoms. The number of benzene rings is 1. The molecule has 0 N–H and O–H groups in total. The molecule has 0 amide bonds. The van der Waals surface area contributed by atoms with Crippen molar-refractivity contribution < 1.29 is 0 Å². The second-order valence-corrected chi connectivity index (χ2v) is 6.55. The summed E-state index contributed by atoms with van der Waals surface area (Å²) >= 11 is 0. The maximum absolute atomic E-state index is 2.46. The minimum atomic E-state index is 0.388. The zero-order chi connectivity index (χ0) is 14.7. The first kappa shape index (κ1) is 17.3. The van der Waals surface area contributed by atoms with Crippen LogP contribution in [-0.2, 0) is 5.41 Å². The Labute approximate surface area is 127 Å². The molecule has 0 saturated carbocycles. The summed E-state index contributed by atoms with van der Waals surface area (Å²) in [4.78, 5) is 0. The molecular weight excluding hydrogens is 240 g/mol. The van der Waals surface area contributed by atoms with Crippen molar-refractivity contribution in [1.29, 1.82) is 0 Å². The molecule has 0 radical (unpaired) electrons. The van der Waals surface area contributed by atoms with Crippen molar-refractivity contribution >= 4 is 0 Å². The van der Waals surface area contributed by atoms with Crippen molar-refractivity contribution in [3.05, 3.63) is 35.9 Å². The maximum Gasteiger partial charge on any atom is -0.00754 e. The Morgan fingerprint density at radius 2 is 1.30 bits per heavy atom. The average Bonchev–Trinajstić information content (AvgIpc) is 2.47. The van der Waals surface area contributed by atoms with E-state index in [-0.39, 0.29) is 0 Å². The summed E-state index contributed by atoms with van der Waals surface area (Å²) in [6.07, 6.45) is 13.8. The third-order valence-electron chi connectivity index (χ3n) is 4.60. The van der Waals surface area contributed by atoms with E-state index in [9.17, 15) is 0 Å². The van der Waals surface area contributed by atoms with Gasteiger partial charge in [-0.3, -0.25) is 0 Å². The van der Waals surface area contributed by atoms with Crippen LogP contribution in [-0.4, -0.2) is 0 Å². The highest BCUT2D eigenvalue weighted by Crippen LogP contribution is 2.34. The summed E-state index contributed by atoms with van der Waals surface area (Å²) in [6, 6.07) is 11.1. The molecule has 1 rings (SSSR count). The molecule has 1 aromatic rings. The molecule has 0 fully saturated rings. The Bertz CT molecular complexity index is 327. The Hall–Kier alpha value is -0.780. The SMILES string of the molecule is CCCCCCCCCC(C)(CCC)c1ccccc1. The first-order chi connectivity index (χ1) is 9.73. The van der Waals surface area contributed by atoms with E-state index in [2.05, 4.69) is 51.1 Å². The van der Waals surface area contributed by atoms with Crippen LogP contribution in [0.1, 0.15) is 90.5 Å². The Morgan fingerprint density at radius 3 is 1.90 bits per heavy atom. The average molecular weight is 274 g/mol. The van der Waals surface area contributed by atoms with Crippen molar-refractivity contribution in [2.75, 3.05) is 0 Å². The molecular formula is C20H34. The largest absolute Gasteiger partial charge is 0.0654 e. The summed E-state index contributed by atoms with van der Waals surface area (Å²) < 4.78 is 0. The molecule has 0 bridgehead atoms. The van der Waals surface area contributed by atoms with E-state index in [1.807, 2.05) is 0 Å². The normalized spacial score (nSPS) is 14.2. The number of hydrogen-bond acceptors (Lipinski definition) is 0. The van der Waals surface area contributed by atoms with Gasteiger partial charge in [-0.05, 0) is 23.8 Å². The van der Waals surface area contributed by atoms with Crippen LogP contribution in [0.15, 0.2) is 30.3 Å². The van der Waals surface area contributed by atoms with Gasteiger partial charge < -0.3 is 0 Å². The molecule has 0 saturated heterocycles. The summed E-state index contributed by atoms with van der Waals surface area (Å²) in [5, 5.41) is 0. The fourth-order valence-electron chi connectivity index (χ4n) is 3.28. The monoisotopic (exact) mass is 274 g/mol. The Balaban J connectivity index is 2.36. The van der Waals surface area contributed by atoms with Gasteiger partial charge in [-0.1, -0.05) is 102 Å². The second-order valence-electron chi connectivity index (χ2n) is 6.55. The Kier molecular flexibility index (Phi) is 8.65. The van der Waals surface area contributed by atoms with Gasteiger partial charge in [-0.2, -0.15) is 0 Å². The molecule has 1 atom stereocenters. The lowest BCUT2D eigenvalue weighted by Gasteiger charge is -2.30. The molecule has 0 nitrogen and oxygen atoms in total. The highest BCUT2D eigenvalue weighted by Gasteiger charge is 2.24. The molecule has 0 aliphatic heterocycles. The van der Waals surface area contributed by atoms with E-state index in [1.54, 1.807) is 0 Å². The first-order valence-corrected chi connectivity index (χ1v) is 8.78. The highest BCUT2D eigenvalue weighted by atomic mass is 14.3. The standard InChI is InChI=1S/C20H34/c1-4-6-7-8-9-10-14-18-20(3,17-5-2)19-15-12-11-13-16-19/h11-13,15-16H,4-10,14,17-18H2,1-3H3. The topological polar surface area (TPSA) is 0 Å². The predicted octanol–water partition coefficient (Wildman–Crippen LogP) is 6.89. The van der Waals surface area contributed by atoms with E-state index < -0.39 is 0 Å². The van der Waals surface area contributed by atoms with Gasteiger partial charge in [0.15, 0.2) is 0 Å². The second kappa shape index (κ2) is 10.0. The van der Waals surface area contributed by atoms with Crippen LogP contribution in [0.2, 0.25) is 0 Å². The van der Waals surface area contributed by atoms with Crippen LogP contribution in [0.5, 0.6) is 0 Å². The van der Waals surface area contributed by atoms with Crippen molar-refractivity contribution in [3.8, 4) is 0 Å². The lowest BCUT2D eigenvalue weighted by atomic mass is 9.75. The third kappa shape index (κ3) is 6.11. The molecule has 0 aliphatic rings. The van der Waals surface area contributed by atoms with Gasteiger partial charge in [0.2, 0.25) is 0 Å². The minimum absolute atomic E-state index is 0.388. The van der Waals surface area contributed by atoms with E-state index in [0.29, 0.717) is 5.41 Å². The fourth-order valence-corrected chi connectivity index (χ4v) is 3.28. The first-order valence-electron chi connectivity index (χ1n) is 8.78. The van der Waals surface area contributed by atoms with Crippen LogP contribution in [0.4, 0.5) is 0 Å². The molecule has 20 heavy (non-hydrogen) atoms. The van der Waals surface area contributed by atoms with Crippen LogP contribution >= 0.6 is 0 Å². The summed E-state index contributed by atoms with van der Waals surface area (Å²) in [6.45, 7) is 7.06. The van der Waals surface area contributed by atoms with Crippen molar-refractivity contribution in [2.24, 2.45) is 0 Å². The van der Waals surface area contributed by atoms with Gasteiger partial charge in [-0.25, -0.2) is 0 Å². The number of hydrogen-bond donors (Lipinski definition) is 0. The van der Waals surface area contributed by atoms with Gasteiger partial charge in [0.25, 0.3) is 0 Å². The number of unbranched alkanes of at least 4 members (excludes halogenated alkanes) is 6. The Morgan fingerprint density at radius 1 is 0.700 bits per heavy atom. The van der Waals surface area contributed by atoms with Crippen molar-refractivity contribution in [1.82, 2.24) is 0 Å². The van der Waals surface area contributed by atoms with Crippen LogP contribution in [0.25, 0.3) is 0 Å². The van der Waals surface area contributed by atoms with Crippen LogP contribution < -0.4 is 0 Å². The smallest absolute Gasteiger partial charge is 0.00754 e. The van der Waals surface area contributed by atoms with Gasteiger partial charge in [0.05, 0.1) is 0 Å². The molecule has 0 aliphatic carbocycles. The zero-order valence-corrected chi connectivity index (χ0v) is 14.0. The molecule has 1 unspecified atom stereocenters. The molecule has 1 aromatic carbocycles. The lowest BCUT2D eigenvalue weighted by molar-refractivity contribution is 0.375. The predicted molar refractivity (Wildman–Crippen MR) is 91.3 cm³/mol. The molecule has 0 aromatic heterocycles. The minimum Gasteiger partial charge on any atom is -0.0654 e. The third-order valence-corrected chi connectivity index (χ3v) is 4.60. The quantitative estimate of drug-likeness (QED) is 0.386. The maximum atomic E-state index is 2.46. The van der Waals surface area contributed by atoms with E-state index in [4.69, 9.17) is 0 Å². The fraction of sp³-hybridized carbons (Fsp3) is 0.700. The van der Waals surface area contributed by atoms with Gasteiger partial charge in [0.1, 0.15) is 0 Å². The lowest BCUT2D eigenvalue weighted by Crippen LogP contribution is -2.21. The van der Waals surface area contributed by atoms with Gasteiger partial charge in [-0.15, -0.1) is 0 Å². The van der Waals surface area contributed by atoms with Crippen molar-refractivity contribution in [2.45, 2.75) is 90.4 Å². The van der Waals surface area contributed by atoms with Crippen molar-refractivity contribution in [3.63, 3.8) is 0 Å². The molecule has 114 valence electrons. The molecule has 0 heteroatoms. The van der Waals surface area contributed by atoms with E-state index in [0.717, 1.165) is 0 Å². The number of rotatable bonds is 11.